The molecule has 34 heavy (non-hydrogen) atoms. The van der Waals surface area contributed by atoms with Gasteiger partial charge in [0.05, 0.1) is 16.2 Å². The van der Waals surface area contributed by atoms with Gasteiger partial charge in [0.2, 0.25) is 0 Å². The third-order valence-electron chi connectivity index (χ3n) is 5.87. The molecule has 1 atom stereocenters. The van der Waals surface area contributed by atoms with Crippen molar-refractivity contribution in [2.45, 2.75) is 12.3 Å². The van der Waals surface area contributed by atoms with Crippen LogP contribution in [0.5, 0.6) is 0 Å². The van der Waals surface area contributed by atoms with Crippen molar-refractivity contribution in [2.75, 3.05) is 0 Å². The second kappa shape index (κ2) is 10.5. The Morgan fingerprint density at radius 1 is 0.971 bits per heavy atom. The van der Waals surface area contributed by atoms with E-state index in [2.05, 4.69) is 41.4 Å². The molecule has 1 aliphatic rings. The molecule has 4 aromatic rings. The standard InChI is InChI=1S/C28H19ClFNOS.Na/c29-25-16-27-20(14-26(25)30)10-12-21(31-27)11-6-17-5-7-19-9-8-18-3-1-2-4-22(18)24(15-28(32)33)23(19)13-17;/h1-14,16,24H,15H2,(H,32,33);/q;+1/p-1/b11-6+;. The number of halogens is 2. The molecule has 6 heteroatoms. The summed E-state index contributed by atoms with van der Waals surface area (Å²) in [5, 5.41) is 12.4. The molecule has 0 saturated carbocycles. The van der Waals surface area contributed by atoms with E-state index in [1.54, 1.807) is 0 Å². The number of nitrogens with zero attached hydrogens (tertiary/aromatic N) is 1. The zero-order chi connectivity index (χ0) is 22.9. The second-order valence-corrected chi connectivity index (χ2v) is 8.87. The van der Waals surface area contributed by atoms with Crippen LogP contribution in [-0.2, 0) is 0 Å². The summed E-state index contributed by atoms with van der Waals surface area (Å²) in [7, 11) is 0. The van der Waals surface area contributed by atoms with Crippen molar-refractivity contribution in [3.05, 3.63) is 111 Å². The van der Waals surface area contributed by atoms with E-state index in [0.717, 1.165) is 33.5 Å². The monoisotopic (exact) mass is 493 g/mol. The van der Waals surface area contributed by atoms with Crippen molar-refractivity contribution in [2.24, 2.45) is 0 Å². The predicted molar refractivity (Wildman–Crippen MR) is 137 cm³/mol. The van der Waals surface area contributed by atoms with Gasteiger partial charge in [-0.1, -0.05) is 83.4 Å². The van der Waals surface area contributed by atoms with Gasteiger partial charge in [0.1, 0.15) is 5.82 Å². The van der Waals surface area contributed by atoms with E-state index in [1.807, 2.05) is 42.5 Å². The van der Waals surface area contributed by atoms with Crippen molar-refractivity contribution in [3.63, 3.8) is 0 Å². The van der Waals surface area contributed by atoms with E-state index in [9.17, 15) is 9.50 Å². The molecule has 5 rings (SSSR count). The summed E-state index contributed by atoms with van der Waals surface area (Å²) in [5.41, 5.74) is 6.71. The van der Waals surface area contributed by atoms with Gasteiger partial charge in [-0.25, -0.2) is 9.37 Å². The van der Waals surface area contributed by atoms with Crippen molar-refractivity contribution in [1.82, 2.24) is 4.98 Å². The molecule has 1 aliphatic carbocycles. The van der Waals surface area contributed by atoms with E-state index in [-0.39, 0.29) is 52.0 Å². The molecule has 0 N–H and O–H groups in total. The first-order valence-corrected chi connectivity index (χ1v) is 11.3. The van der Waals surface area contributed by atoms with Crippen LogP contribution in [0.1, 0.15) is 45.8 Å². The minimum Gasteiger partial charge on any atom is -0.867 e. The van der Waals surface area contributed by atoms with Gasteiger partial charge in [0.25, 0.3) is 0 Å². The molecule has 0 fully saturated rings. The first-order chi connectivity index (χ1) is 16.0. The van der Waals surface area contributed by atoms with Crippen molar-refractivity contribution >= 4 is 64.1 Å². The van der Waals surface area contributed by atoms with Crippen molar-refractivity contribution < 1.29 is 39.1 Å². The van der Waals surface area contributed by atoms with Gasteiger partial charge in [-0.15, -0.1) is 12.2 Å². The number of rotatable bonds is 4. The molecule has 162 valence electrons. The summed E-state index contributed by atoms with van der Waals surface area (Å²) < 4.78 is 13.7. The minimum atomic E-state index is -0.457. The van der Waals surface area contributed by atoms with Crippen LogP contribution in [0.2, 0.25) is 5.02 Å². The zero-order valence-electron chi connectivity index (χ0n) is 18.5. The Morgan fingerprint density at radius 3 is 2.53 bits per heavy atom. The zero-order valence-corrected chi connectivity index (χ0v) is 22.0. The first-order valence-electron chi connectivity index (χ1n) is 10.5. The van der Waals surface area contributed by atoms with Gasteiger partial charge < -0.3 is 5.11 Å². The fraction of sp³-hybridized carbons (Fsp3) is 0.0714. The molecule has 0 bridgehead atoms. The van der Waals surface area contributed by atoms with Crippen LogP contribution in [0, 0.1) is 5.82 Å². The van der Waals surface area contributed by atoms with Gasteiger partial charge >= 0.3 is 29.6 Å². The molecule has 0 aliphatic heterocycles. The Labute approximate surface area is 230 Å². The van der Waals surface area contributed by atoms with E-state index < -0.39 is 5.82 Å². The number of hydrogen-bond donors (Lipinski definition) is 0. The quantitative estimate of drug-likeness (QED) is 0.319. The molecule has 3 aromatic carbocycles. The molecule has 1 unspecified atom stereocenters. The van der Waals surface area contributed by atoms with Gasteiger partial charge in [0, 0.05) is 11.3 Å². The molecular weight excluding hydrogens is 476 g/mol. The van der Waals surface area contributed by atoms with Gasteiger partial charge in [-0.2, -0.15) is 0 Å². The summed E-state index contributed by atoms with van der Waals surface area (Å²) >= 11 is 10.9. The summed E-state index contributed by atoms with van der Waals surface area (Å²) in [5.74, 6) is -0.553. The SMILES string of the molecule is [Na+].[O-]C(=S)CC1c2ccccc2C=Cc2ccc(/C=C/c3ccc4cc(F)c(Cl)cc4n3)cc21. The Morgan fingerprint density at radius 2 is 1.74 bits per heavy atom. The van der Waals surface area contributed by atoms with Gasteiger partial charge in [-0.05, 0) is 58.5 Å². The van der Waals surface area contributed by atoms with E-state index in [0.29, 0.717) is 10.9 Å². The van der Waals surface area contributed by atoms with Crippen LogP contribution >= 0.6 is 23.8 Å². The van der Waals surface area contributed by atoms with Crippen LogP contribution in [0.15, 0.2) is 66.7 Å². The summed E-state index contributed by atoms with van der Waals surface area (Å²) in [6.45, 7) is 0. The Bertz CT molecular complexity index is 1470. The van der Waals surface area contributed by atoms with Crippen LogP contribution in [0.4, 0.5) is 4.39 Å². The van der Waals surface area contributed by atoms with Crippen LogP contribution in [0.25, 0.3) is 35.2 Å². The molecular formula is C28H18ClFNNaOS. The third-order valence-corrected chi connectivity index (χ3v) is 6.33. The van der Waals surface area contributed by atoms with Crippen LogP contribution in [0.3, 0.4) is 0 Å². The number of hydrogen-bond acceptors (Lipinski definition) is 3. The van der Waals surface area contributed by atoms with Gasteiger partial charge in [0.15, 0.2) is 0 Å². The molecule has 0 spiro atoms. The average molecular weight is 494 g/mol. The summed E-state index contributed by atoms with van der Waals surface area (Å²) in [4.78, 5) is 4.57. The number of aromatic nitrogens is 1. The van der Waals surface area contributed by atoms with E-state index in [4.69, 9.17) is 23.8 Å². The van der Waals surface area contributed by atoms with Crippen molar-refractivity contribution in [1.29, 1.82) is 0 Å². The van der Waals surface area contributed by atoms with Crippen LogP contribution in [-0.4, -0.2) is 10.0 Å². The Kier molecular flexibility index (Phi) is 7.66. The van der Waals surface area contributed by atoms with E-state index in [1.165, 1.54) is 12.1 Å². The topological polar surface area (TPSA) is 36.0 Å². The van der Waals surface area contributed by atoms with E-state index >= 15 is 0 Å². The second-order valence-electron chi connectivity index (χ2n) is 8.01. The number of benzene rings is 3. The third kappa shape index (κ3) is 5.17. The number of pyridine rings is 1. The van der Waals surface area contributed by atoms with Crippen LogP contribution < -0.4 is 34.7 Å². The normalized spacial score (nSPS) is 14.4. The number of thiocarbonyl (C=S) groups is 1. The maximum absolute atomic E-state index is 13.7. The van der Waals surface area contributed by atoms with Crippen molar-refractivity contribution in [3.8, 4) is 0 Å². The number of fused-ring (bicyclic) bond motifs is 3. The smallest absolute Gasteiger partial charge is 0.867 e. The average Bonchev–Trinajstić information content (AvgIpc) is 2.95. The fourth-order valence-corrected chi connectivity index (χ4v) is 4.60. The first kappa shape index (κ1) is 24.8. The molecule has 0 radical (unpaired) electrons. The molecule has 1 heterocycles. The van der Waals surface area contributed by atoms with Gasteiger partial charge in [-0.3, -0.25) is 0 Å². The largest absolute Gasteiger partial charge is 1.00 e. The predicted octanol–water partition coefficient (Wildman–Crippen LogP) is 3.90. The molecule has 0 saturated heterocycles. The maximum Gasteiger partial charge on any atom is 1.00 e. The molecule has 1 aromatic heterocycles. The maximum atomic E-state index is 13.7. The summed E-state index contributed by atoms with van der Waals surface area (Å²) in [6, 6.07) is 20.9. The Hall–Kier alpha value is -2.34. The summed E-state index contributed by atoms with van der Waals surface area (Å²) in [6.07, 6.45) is 8.34. The minimum absolute atomic E-state index is 0. The fourth-order valence-electron chi connectivity index (χ4n) is 4.27. The molecule has 0 amide bonds. The Balaban J connectivity index is 0.00000274. The molecule has 2 nitrogen and oxygen atoms in total.